The lowest BCUT2D eigenvalue weighted by Crippen LogP contribution is -2.20. The zero-order valence-corrected chi connectivity index (χ0v) is 15.8. The van der Waals surface area contributed by atoms with Crippen LogP contribution >= 0.6 is 11.6 Å². The summed E-state index contributed by atoms with van der Waals surface area (Å²) in [5, 5.41) is 3.27. The highest BCUT2D eigenvalue weighted by molar-refractivity contribution is 6.31. The molecule has 0 atom stereocenters. The van der Waals surface area contributed by atoms with Crippen molar-refractivity contribution in [1.82, 2.24) is 0 Å². The largest absolute Gasteiger partial charge is 0.495 e. The molecule has 0 saturated heterocycles. The molecule has 0 aliphatic rings. The van der Waals surface area contributed by atoms with Crippen LogP contribution in [0.3, 0.4) is 0 Å². The molecular weight excluding hydrogens is 358 g/mol. The Morgan fingerprint density at radius 1 is 1.04 bits per heavy atom. The van der Waals surface area contributed by atoms with Crippen molar-refractivity contribution >= 4 is 29.0 Å². The highest BCUT2D eigenvalue weighted by Gasteiger charge is 2.13. The fourth-order valence-electron chi connectivity index (χ4n) is 2.27. The van der Waals surface area contributed by atoms with Gasteiger partial charge in [0.2, 0.25) is 0 Å². The van der Waals surface area contributed by atoms with Gasteiger partial charge in [0.15, 0.2) is 23.9 Å². The van der Waals surface area contributed by atoms with Gasteiger partial charge in [0.25, 0.3) is 5.91 Å². The van der Waals surface area contributed by atoms with Crippen LogP contribution in [-0.4, -0.2) is 32.5 Å². The van der Waals surface area contributed by atoms with Crippen LogP contribution in [0.15, 0.2) is 30.3 Å². The third-order valence-electron chi connectivity index (χ3n) is 3.68. The molecule has 0 heterocycles. The van der Waals surface area contributed by atoms with Crippen LogP contribution in [0.4, 0.5) is 5.69 Å². The predicted octanol–water partition coefficient (Wildman–Crippen LogP) is 3.89. The fourth-order valence-corrected chi connectivity index (χ4v) is 2.42. The van der Waals surface area contributed by atoms with Gasteiger partial charge in [0, 0.05) is 16.7 Å². The molecule has 7 heteroatoms. The number of ether oxygens (including phenoxy) is 3. The summed E-state index contributed by atoms with van der Waals surface area (Å²) >= 11 is 6.06. The second kappa shape index (κ2) is 8.58. The maximum Gasteiger partial charge on any atom is 0.262 e. The van der Waals surface area contributed by atoms with Crippen molar-refractivity contribution in [2.75, 3.05) is 26.1 Å². The summed E-state index contributed by atoms with van der Waals surface area (Å²) in [6.45, 7) is 3.06. The van der Waals surface area contributed by atoms with Crippen LogP contribution in [0, 0.1) is 6.92 Å². The number of aryl methyl sites for hydroxylation is 1. The summed E-state index contributed by atoms with van der Waals surface area (Å²) in [5.41, 5.74) is 1.81. The Bertz CT molecular complexity index is 835. The zero-order chi connectivity index (χ0) is 19.3. The highest BCUT2D eigenvalue weighted by atomic mass is 35.5. The summed E-state index contributed by atoms with van der Waals surface area (Å²) in [5.74, 6) is 0.746. The van der Waals surface area contributed by atoms with E-state index in [2.05, 4.69) is 5.32 Å². The van der Waals surface area contributed by atoms with E-state index in [1.165, 1.54) is 21.1 Å². The summed E-state index contributed by atoms with van der Waals surface area (Å²) in [7, 11) is 2.96. The van der Waals surface area contributed by atoms with Crippen LogP contribution in [0.5, 0.6) is 17.2 Å². The maximum atomic E-state index is 12.2. The normalized spacial score (nSPS) is 10.2. The number of anilines is 1. The molecule has 2 aromatic rings. The average Bonchev–Trinajstić information content (AvgIpc) is 2.62. The minimum absolute atomic E-state index is 0.0854. The van der Waals surface area contributed by atoms with E-state index in [9.17, 15) is 9.59 Å². The van der Waals surface area contributed by atoms with Crippen LogP contribution < -0.4 is 19.5 Å². The third kappa shape index (κ3) is 4.67. The minimum Gasteiger partial charge on any atom is -0.495 e. The summed E-state index contributed by atoms with van der Waals surface area (Å²) < 4.78 is 15.9. The van der Waals surface area contributed by atoms with Crippen LogP contribution in [-0.2, 0) is 4.79 Å². The Labute approximate surface area is 157 Å². The number of hydrogen-bond donors (Lipinski definition) is 1. The Morgan fingerprint density at radius 3 is 2.35 bits per heavy atom. The van der Waals surface area contributed by atoms with E-state index in [4.69, 9.17) is 25.8 Å². The van der Waals surface area contributed by atoms with E-state index in [1.807, 2.05) is 6.92 Å². The molecular formula is C19H20ClNO5. The van der Waals surface area contributed by atoms with E-state index < -0.39 is 0 Å². The molecule has 0 unspecified atom stereocenters. The van der Waals surface area contributed by atoms with Crippen LogP contribution in [0.2, 0.25) is 5.02 Å². The van der Waals surface area contributed by atoms with Gasteiger partial charge in [-0.25, -0.2) is 0 Å². The first-order valence-corrected chi connectivity index (χ1v) is 8.19. The van der Waals surface area contributed by atoms with E-state index in [1.54, 1.807) is 30.3 Å². The Kier molecular flexibility index (Phi) is 6.46. The predicted molar refractivity (Wildman–Crippen MR) is 99.9 cm³/mol. The second-order valence-corrected chi connectivity index (χ2v) is 5.97. The van der Waals surface area contributed by atoms with Gasteiger partial charge >= 0.3 is 0 Å². The lowest BCUT2D eigenvalue weighted by molar-refractivity contribution is -0.118. The van der Waals surface area contributed by atoms with E-state index in [-0.39, 0.29) is 18.3 Å². The fraction of sp³-hybridized carbons (Fsp3) is 0.263. The monoisotopic (exact) mass is 377 g/mol. The Balaban J connectivity index is 2.08. The number of benzene rings is 2. The molecule has 138 valence electrons. The molecule has 0 bridgehead atoms. The van der Waals surface area contributed by atoms with Crippen LogP contribution in [0.1, 0.15) is 22.8 Å². The quantitative estimate of drug-likeness (QED) is 0.741. The molecule has 0 fully saturated rings. The SMILES string of the molecule is COc1cc(Cl)c(C)cc1NC(=O)COc1ccc(C(C)=O)cc1OC. The molecule has 0 aliphatic heterocycles. The number of carbonyl (C=O) groups is 2. The maximum absolute atomic E-state index is 12.2. The van der Waals surface area contributed by atoms with Gasteiger partial charge in [-0.05, 0) is 43.7 Å². The van der Waals surface area contributed by atoms with Gasteiger partial charge in [0.05, 0.1) is 19.9 Å². The molecule has 0 aromatic heterocycles. The number of halogens is 1. The number of ketones is 1. The molecule has 0 saturated carbocycles. The molecule has 0 aliphatic carbocycles. The van der Waals surface area contributed by atoms with Gasteiger partial charge in [-0.1, -0.05) is 11.6 Å². The zero-order valence-electron chi connectivity index (χ0n) is 15.0. The molecule has 0 spiro atoms. The van der Waals surface area contributed by atoms with Crippen molar-refractivity contribution in [3.63, 3.8) is 0 Å². The van der Waals surface area contributed by atoms with Crippen molar-refractivity contribution in [3.8, 4) is 17.2 Å². The number of carbonyl (C=O) groups excluding carboxylic acids is 2. The first-order chi connectivity index (χ1) is 12.3. The smallest absolute Gasteiger partial charge is 0.262 e. The standard InChI is InChI=1S/C19H20ClNO5/c1-11-7-15(17(24-3)9-14(11)20)21-19(23)10-26-16-6-5-13(12(2)22)8-18(16)25-4/h5-9H,10H2,1-4H3,(H,21,23). The second-order valence-electron chi connectivity index (χ2n) is 5.56. The highest BCUT2D eigenvalue weighted by Crippen LogP contribution is 2.31. The molecule has 6 nitrogen and oxygen atoms in total. The molecule has 2 rings (SSSR count). The van der Waals surface area contributed by atoms with Crippen molar-refractivity contribution in [1.29, 1.82) is 0 Å². The Hall–Kier alpha value is -2.73. The van der Waals surface area contributed by atoms with E-state index in [0.717, 1.165) is 5.56 Å². The lowest BCUT2D eigenvalue weighted by Gasteiger charge is -2.14. The van der Waals surface area contributed by atoms with Crippen molar-refractivity contribution in [2.24, 2.45) is 0 Å². The minimum atomic E-state index is -0.372. The van der Waals surface area contributed by atoms with Crippen LogP contribution in [0.25, 0.3) is 0 Å². The lowest BCUT2D eigenvalue weighted by atomic mass is 10.1. The van der Waals surface area contributed by atoms with Gasteiger partial charge in [-0.3, -0.25) is 9.59 Å². The Morgan fingerprint density at radius 2 is 1.73 bits per heavy atom. The van der Waals surface area contributed by atoms with Gasteiger partial charge < -0.3 is 19.5 Å². The average molecular weight is 378 g/mol. The number of methoxy groups -OCH3 is 2. The molecule has 26 heavy (non-hydrogen) atoms. The summed E-state index contributed by atoms with van der Waals surface area (Å²) in [6, 6.07) is 8.14. The van der Waals surface area contributed by atoms with E-state index >= 15 is 0 Å². The van der Waals surface area contributed by atoms with Gasteiger partial charge in [-0.15, -0.1) is 0 Å². The van der Waals surface area contributed by atoms with Crippen molar-refractivity contribution in [2.45, 2.75) is 13.8 Å². The first kappa shape index (κ1) is 19.6. The first-order valence-electron chi connectivity index (χ1n) is 7.81. The number of Topliss-reactive ketones (excluding diaryl/α,β-unsaturated/α-hetero) is 1. The van der Waals surface area contributed by atoms with Crippen molar-refractivity contribution in [3.05, 3.63) is 46.5 Å². The molecule has 1 N–H and O–H groups in total. The number of nitrogens with one attached hydrogen (secondary N) is 1. The van der Waals surface area contributed by atoms with Gasteiger partial charge in [0.1, 0.15) is 5.75 Å². The topological polar surface area (TPSA) is 73.9 Å². The van der Waals surface area contributed by atoms with Gasteiger partial charge in [-0.2, -0.15) is 0 Å². The molecule has 2 aromatic carbocycles. The molecule has 0 radical (unpaired) electrons. The summed E-state index contributed by atoms with van der Waals surface area (Å²) in [6.07, 6.45) is 0. The number of rotatable bonds is 7. The number of hydrogen-bond acceptors (Lipinski definition) is 5. The number of amides is 1. The summed E-state index contributed by atoms with van der Waals surface area (Å²) in [4.78, 5) is 23.6. The third-order valence-corrected chi connectivity index (χ3v) is 4.09. The van der Waals surface area contributed by atoms with Crippen molar-refractivity contribution < 1.29 is 23.8 Å². The van der Waals surface area contributed by atoms with E-state index in [0.29, 0.717) is 33.5 Å². The molecule has 1 amide bonds.